The van der Waals surface area contributed by atoms with Crippen LogP contribution in [0.5, 0.6) is 0 Å². The second-order valence-corrected chi connectivity index (χ2v) is 5.60. The molecule has 0 heterocycles. The SMILES string of the molecule is CC[N+](CC)(CC)CC.Cc1ccc(S(=O)[O-])cc1. The largest absolute Gasteiger partial charge is 0.768 e. The number of aryl methyl sites for hydroxylation is 1. The first kappa shape index (κ1) is 18.3. The molecule has 1 aromatic rings. The average Bonchev–Trinajstić information content (AvgIpc) is 2.43. The number of hydrogen-bond acceptors (Lipinski definition) is 2. The Morgan fingerprint density at radius 1 is 0.947 bits per heavy atom. The van der Waals surface area contributed by atoms with E-state index in [1.54, 1.807) is 24.3 Å². The van der Waals surface area contributed by atoms with Gasteiger partial charge in [0.05, 0.1) is 26.2 Å². The normalized spacial score (nSPS) is 12.5. The Hall–Kier alpha value is -0.710. The summed E-state index contributed by atoms with van der Waals surface area (Å²) in [6.45, 7) is 16.1. The predicted molar refractivity (Wildman–Crippen MR) is 80.8 cm³/mol. The molecule has 1 unspecified atom stereocenters. The van der Waals surface area contributed by atoms with Gasteiger partial charge in [0.2, 0.25) is 0 Å². The van der Waals surface area contributed by atoms with Gasteiger partial charge in [-0.1, -0.05) is 17.7 Å². The Kier molecular flexibility index (Phi) is 8.89. The van der Waals surface area contributed by atoms with Gasteiger partial charge in [-0.3, -0.25) is 4.21 Å². The molecule has 0 N–H and O–H groups in total. The smallest absolute Gasteiger partial charge is 0.0757 e. The predicted octanol–water partition coefficient (Wildman–Crippen LogP) is 3.12. The first-order valence-corrected chi connectivity index (χ1v) is 8.03. The maximum absolute atomic E-state index is 10.3. The second kappa shape index (κ2) is 9.23. The molecular weight excluding hydrogens is 258 g/mol. The number of hydrogen-bond donors (Lipinski definition) is 0. The molecule has 0 amide bonds. The lowest BCUT2D eigenvalue weighted by Gasteiger charge is -2.34. The van der Waals surface area contributed by atoms with Gasteiger partial charge in [0, 0.05) is 4.90 Å². The van der Waals surface area contributed by atoms with Crippen LogP contribution < -0.4 is 0 Å². The lowest BCUT2D eigenvalue weighted by molar-refractivity contribution is -0.921. The van der Waals surface area contributed by atoms with Gasteiger partial charge in [0.1, 0.15) is 0 Å². The van der Waals surface area contributed by atoms with Crippen molar-refractivity contribution in [1.82, 2.24) is 0 Å². The van der Waals surface area contributed by atoms with Crippen molar-refractivity contribution in [3.05, 3.63) is 29.8 Å². The molecule has 0 saturated carbocycles. The van der Waals surface area contributed by atoms with E-state index in [4.69, 9.17) is 0 Å². The van der Waals surface area contributed by atoms with E-state index in [1.807, 2.05) is 6.92 Å². The third-order valence-electron chi connectivity index (χ3n) is 3.90. The molecule has 0 bridgehead atoms. The Morgan fingerprint density at radius 3 is 1.53 bits per heavy atom. The summed E-state index contributed by atoms with van der Waals surface area (Å²) in [6.07, 6.45) is 0. The second-order valence-electron chi connectivity index (χ2n) is 4.65. The average molecular weight is 285 g/mol. The highest BCUT2D eigenvalue weighted by Gasteiger charge is 2.16. The summed E-state index contributed by atoms with van der Waals surface area (Å²) < 4.78 is 21.9. The number of benzene rings is 1. The molecule has 0 saturated heterocycles. The molecule has 0 aliphatic rings. The zero-order valence-corrected chi connectivity index (χ0v) is 13.6. The Morgan fingerprint density at radius 2 is 1.32 bits per heavy atom. The quantitative estimate of drug-likeness (QED) is 0.616. The van der Waals surface area contributed by atoms with Crippen LogP contribution in [0.25, 0.3) is 0 Å². The zero-order chi connectivity index (χ0) is 14.9. The van der Waals surface area contributed by atoms with Crippen molar-refractivity contribution in [2.75, 3.05) is 26.2 Å². The van der Waals surface area contributed by atoms with E-state index in [-0.39, 0.29) is 0 Å². The summed E-state index contributed by atoms with van der Waals surface area (Å²) in [4.78, 5) is 0.339. The molecule has 1 rings (SSSR count). The molecular formula is C15H27NO2S. The standard InChI is InChI=1S/C8H20N.C7H8O2S/c1-5-9(6-2,7-3)8-4;1-6-2-4-7(5-3-6)10(8)9/h5-8H2,1-4H3;2-5H,1H3,(H,8,9)/q+1;/p-1. The fourth-order valence-corrected chi connectivity index (χ4v) is 2.35. The Labute approximate surface area is 120 Å². The molecule has 19 heavy (non-hydrogen) atoms. The third kappa shape index (κ3) is 6.32. The molecule has 0 aliphatic heterocycles. The maximum atomic E-state index is 10.3. The molecule has 0 fully saturated rings. The van der Waals surface area contributed by atoms with Crippen molar-refractivity contribution >= 4 is 11.1 Å². The van der Waals surface area contributed by atoms with E-state index >= 15 is 0 Å². The highest BCUT2D eigenvalue weighted by Crippen LogP contribution is 2.05. The van der Waals surface area contributed by atoms with Crippen molar-refractivity contribution in [3.8, 4) is 0 Å². The number of nitrogens with zero attached hydrogens (tertiary/aromatic N) is 1. The van der Waals surface area contributed by atoms with Crippen molar-refractivity contribution in [2.24, 2.45) is 0 Å². The minimum absolute atomic E-state index is 0.339. The van der Waals surface area contributed by atoms with Gasteiger partial charge in [-0.25, -0.2) is 0 Å². The summed E-state index contributed by atoms with van der Waals surface area (Å²) in [6, 6.07) is 6.70. The van der Waals surface area contributed by atoms with Crippen LogP contribution >= 0.6 is 0 Å². The third-order valence-corrected chi connectivity index (χ3v) is 4.55. The lowest BCUT2D eigenvalue weighted by Crippen LogP contribution is -2.47. The first-order valence-electron chi connectivity index (χ1n) is 6.95. The first-order chi connectivity index (χ1) is 8.94. The Balaban J connectivity index is 0.000000344. The van der Waals surface area contributed by atoms with Gasteiger partial charge in [-0.05, 0) is 57.8 Å². The van der Waals surface area contributed by atoms with Gasteiger partial charge >= 0.3 is 0 Å². The fraction of sp³-hybridized carbons (Fsp3) is 0.600. The van der Waals surface area contributed by atoms with Gasteiger partial charge in [-0.15, -0.1) is 0 Å². The molecule has 3 nitrogen and oxygen atoms in total. The molecule has 1 aromatic carbocycles. The molecule has 4 heteroatoms. The van der Waals surface area contributed by atoms with Crippen molar-refractivity contribution in [2.45, 2.75) is 39.5 Å². The Bertz CT molecular complexity index is 355. The summed E-state index contributed by atoms with van der Waals surface area (Å²) >= 11 is -2.09. The van der Waals surface area contributed by atoms with Gasteiger partial charge < -0.3 is 9.04 Å². The van der Waals surface area contributed by atoms with Crippen LogP contribution in [0.1, 0.15) is 33.3 Å². The van der Waals surface area contributed by atoms with Gasteiger partial charge in [0.25, 0.3) is 0 Å². The van der Waals surface area contributed by atoms with Crippen molar-refractivity contribution in [3.63, 3.8) is 0 Å². The molecule has 0 radical (unpaired) electrons. The van der Waals surface area contributed by atoms with Crippen LogP contribution in [0, 0.1) is 6.92 Å². The topological polar surface area (TPSA) is 40.1 Å². The van der Waals surface area contributed by atoms with E-state index in [2.05, 4.69) is 27.7 Å². The zero-order valence-electron chi connectivity index (χ0n) is 12.8. The molecule has 1 atom stereocenters. The van der Waals surface area contributed by atoms with Crippen LogP contribution in [-0.2, 0) is 11.1 Å². The van der Waals surface area contributed by atoms with Crippen LogP contribution in [0.4, 0.5) is 0 Å². The lowest BCUT2D eigenvalue weighted by atomic mass is 10.2. The van der Waals surface area contributed by atoms with Crippen LogP contribution in [0.15, 0.2) is 29.2 Å². The monoisotopic (exact) mass is 285 g/mol. The van der Waals surface area contributed by atoms with Gasteiger partial charge in [0.15, 0.2) is 0 Å². The van der Waals surface area contributed by atoms with E-state index < -0.39 is 11.1 Å². The highest BCUT2D eigenvalue weighted by molar-refractivity contribution is 7.79. The molecule has 0 spiro atoms. The minimum atomic E-state index is -2.09. The highest BCUT2D eigenvalue weighted by atomic mass is 32.2. The van der Waals surface area contributed by atoms with E-state index in [9.17, 15) is 8.76 Å². The summed E-state index contributed by atoms with van der Waals surface area (Å²) in [5.74, 6) is 0. The van der Waals surface area contributed by atoms with Crippen LogP contribution in [-0.4, -0.2) is 39.4 Å². The van der Waals surface area contributed by atoms with E-state index in [0.29, 0.717) is 4.90 Å². The number of quaternary nitrogens is 1. The summed E-state index contributed by atoms with van der Waals surface area (Å²) in [5, 5.41) is 0. The van der Waals surface area contributed by atoms with E-state index in [0.717, 1.165) is 5.56 Å². The van der Waals surface area contributed by atoms with Crippen molar-refractivity contribution in [1.29, 1.82) is 0 Å². The summed E-state index contributed by atoms with van der Waals surface area (Å²) in [7, 11) is 0. The van der Waals surface area contributed by atoms with Crippen LogP contribution in [0.3, 0.4) is 0 Å². The summed E-state index contributed by atoms with van der Waals surface area (Å²) in [5.41, 5.74) is 1.06. The van der Waals surface area contributed by atoms with Crippen LogP contribution in [0.2, 0.25) is 0 Å². The molecule has 0 aromatic heterocycles. The van der Waals surface area contributed by atoms with Gasteiger partial charge in [-0.2, -0.15) is 0 Å². The van der Waals surface area contributed by atoms with E-state index in [1.165, 1.54) is 30.7 Å². The fourth-order valence-electron chi connectivity index (χ4n) is 1.99. The molecule has 110 valence electrons. The number of rotatable bonds is 5. The minimum Gasteiger partial charge on any atom is -0.768 e. The molecule has 0 aliphatic carbocycles. The van der Waals surface area contributed by atoms with Crippen molar-refractivity contribution < 1.29 is 13.2 Å². The maximum Gasteiger partial charge on any atom is 0.0757 e.